The fourth-order valence-corrected chi connectivity index (χ4v) is 1.19. The van der Waals surface area contributed by atoms with Gasteiger partial charge in [0, 0.05) is 5.69 Å². The number of hydrogen-bond donors (Lipinski definition) is 3. The monoisotopic (exact) mass is 262 g/mol. The van der Waals surface area contributed by atoms with Gasteiger partial charge in [-0.2, -0.15) is 13.2 Å². The Labute approximate surface area is 102 Å². The van der Waals surface area contributed by atoms with Gasteiger partial charge in [0.05, 0.1) is 11.7 Å². The number of rotatable bonds is 3. The number of nitrogens with two attached hydrogens (primary N) is 1. The number of alkyl halides is 3. The quantitative estimate of drug-likeness (QED) is 0.769. The first-order valence-electron chi connectivity index (χ1n) is 5.13. The van der Waals surface area contributed by atoms with E-state index in [1.165, 1.54) is 6.92 Å². The molecule has 0 heterocycles. The largest absolute Gasteiger partial charge is 0.416 e. The third-order valence-corrected chi connectivity index (χ3v) is 2.30. The third-order valence-electron chi connectivity index (χ3n) is 2.30. The second kappa shape index (κ2) is 5.36. The van der Waals surface area contributed by atoms with E-state index in [1.807, 2.05) is 0 Å². The van der Waals surface area contributed by atoms with Crippen molar-refractivity contribution in [1.29, 1.82) is 0 Å². The molecule has 1 rings (SSSR count). The lowest BCUT2D eigenvalue weighted by atomic mass is 10.1. The Balaban J connectivity index is 2.73. The molecule has 0 aliphatic carbocycles. The molecule has 1 amide bonds. The van der Waals surface area contributed by atoms with Gasteiger partial charge >= 0.3 is 6.18 Å². The van der Waals surface area contributed by atoms with Crippen LogP contribution in [0.15, 0.2) is 24.3 Å². The second-order valence-corrected chi connectivity index (χ2v) is 3.83. The van der Waals surface area contributed by atoms with Gasteiger partial charge in [-0.1, -0.05) is 0 Å². The Morgan fingerprint density at radius 1 is 1.33 bits per heavy atom. The molecule has 2 atom stereocenters. The van der Waals surface area contributed by atoms with E-state index < -0.39 is 29.8 Å². The van der Waals surface area contributed by atoms with Crippen LogP contribution in [0.4, 0.5) is 18.9 Å². The van der Waals surface area contributed by atoms with Crippen LogP contribution in [0.2, 0.25) is 0 Å². The van der Waals surface area contributed by atoms with Crippen molar-refractivity contribution in [1.82, 2.24) is 0 Å². The predicted octanol–water partition coefficient (Wildman–Crippen LogP) is 1.35. The summed E-state index contributed by atoms with van der Waals surface area (Å²) < 4.78 is 36.8. The third kappa shape index (κ3) is 3.71. The summed E-state index contributed by atoms with van der Waals surface area (Å²) in [7, 11) is 0. The summed E-state index contributed by atoms with van der Waals surface area (Å²) in [6.45, 7) is 1.34. The lowest BCUT2D eigenvalue weighted by Gasteiger charge is -2.15. The molecule has 0 aliphatic heterocycles. The molecule has 0 aliphatic rings. The molecule has 0 spiro atoms. The van der Waals surface area contributed by atoms with Crippen molar-refractivity contribution in [3.05, 3.63) is 29.8 Å². The van der Waals surface area contributed by atoms with Gasteiger partial charge in [0.15, 0.2) is 0 Å². The van der Waals surface area contributed by atoms with E-state index in [2.05, 4.69) is 5.32 Å². The molecule has 4 nitrogen and oxygen atoms in total. The normalized spacial score (nSPS) is 15.0. The Morgan fingerprint density at radius 3 is 2.22 bits per heavy atom. The van der Waals surface area contributed by atoms with E-state index in [1.54, 1.807) is 0 Å². The number of carbonyl (C=O) groups is 1. The first-order chi connectivity index (χ1) is 8.21. The van der Waals surface area contributed by atoms with Crippen LogP contribution < -0.4 is 11.1 Å². The molecule has 100 valence electrons. The van der Waals surface area contributed by atoms with Crippen molar-refractivity contribution in [2.45, 2.75) is 25.2 Å². The fourth-order valence-electron chi connectivity index (χ4n) is 1.19. The number of amides is 1. The molecule has 18 heavy (non-hydrogen) atoms. The summed E-state index contributed by atoms with van der Waals surface area (Å²) in [5, 5.41) is 11.4. The number of aliphatic hydroxyl groups is 1. The van der Waals surface area contributed by atoms with Crippen molar-refractivity contribution >= 4 is 11.6 Å². The maximum atomic E-state index is 12.3. The first kappa shape index (κ1) is 14.5. The van der Waals surface area contributed by atoms with Gasteiger partial charge in [-0.05, 0) is 31.2 Å². The number of aliphatic hydroxyl groups excluding tert-OH is 1. The molecule has 0 aromatic heterocycles. The summed E-state index contributed by atoms with van der Waals surface area (Å²) in [6, 6.07) is 2.81. The van der Waals surface area contributed by atoms with Crippen molar-refractivity contribution in [2.75, 3.05) is 5.32 Å². The van der Waals surface area contributed by atoms with Gasteiger partial charge in [-0.15, -0.1) is 0 Å². The van der Waals surface area contributed by atoms with Crippen molar-refractivity contribution in [2.24, 2.45) is 5.73 Å². The van der Waals surface area contributed by atoms with Crippen LogP contribution >= 0.6 is 0 Å². The summed E-state index contributed by atoms with van der Waals surface area (Å²) in [5.41, 5.74) is 4.74. The van der Waals surface area contributed by atoms with Crippen LogP contribution in [0.25, 0.3) is 0 Å². The number of benzene rings is 1. The van der Waals surface area contributed by atoms with E-state index >= 15 is 0 Å². The van der Waals surface area contributed by atoms with Crippen LogP contribution in [0.5, 0.6) is 0 Å². The van der Waals surface area contributed by atoms with E-state index in [9.17, 15) is 18.0 Å². The zero-order chi connectivity index (χ0) is 13.9. The summed E-state index contributed by atoms with van der Waals surface area (Å²) in [4.78, 5) is 11.4. The molecule has 0 fully saturated rings. The number of carbonyl (C=O) groups excluding carboxylic acids is 1. The molecule has 0 saturated carbocycles. The average Bonchev–Trinajstić information content (AvgIpc) is 2.27. The number of hydrogen-bond acceptors (Lipinski definition) is 3. The van der Waals surface area contributed by atoms with Gasteiger partial charge < -0.3 is 16.2 Å². The van der Waals surface area contributed by atoms with Gasteiger partial charge in [-0.3, -0.25) is 4.79 Å². The predicted molar refractivity (Wildman–Crippen MR) is 59.7 cm³/mol. The highest BCUT2D eigenvalue weighted by molar-refractivity contribution is 5.95. The molecule has 1 aromatic rings. The molecule has 4 N–H and O–H groups in total. The summed E-state index contributed by atoms with van der Waals surface area (Å²) in [5.74, 6) is -0.662. The molecule has 1 aromatic carbocycles. The maximum absolute atomic E-state index is 12.3. The van der Waals surface area contributed by atoms with Gasteiger partial charge in [-0.25, -0.2) is 0 Å². The van der Waals surface area contributed by atoms with E-state index in [-0.39, 0.29) is 5.69 Å². The van der Waals surface area contributed by atoms with Gasteiger partial charge in [0.2, 0.25) is 5.91 Å². The molecular weight excluding hydrogens is 249 g/mol. The standard InChI is InChI=1S/C11H13F3N2O2/c1-6(17)9(15)10(18)16-8-4-2-7(3-5-8)11(12,13)14/h2-6,9,17H,15H2,1H3,(H,16,18). The Morgan fingerprint density at radius 2 is 1.83 bits per heavy atom. The topological polar surface area (TPSA) is 75.3 Å². The minimum Gasteiger partial charge on any atom is -0.391 e. The lowest BCUT2D eigenvalue weighted by Crippen LogP contribution is -2.43. The van der Waals surface area contributed by atoms with Crippen molar-refractivity contribution in [3.8, 4) is 0 Å². The van der Waals surface area contributed by atoms with Gasteiger partial charge in [0.25, 0.3) is 0 Å². The van der Waals surface area contributed by atoms with E-state index in [0.717, 1.165) is 24.3 Å². The summed E-state index contributed by atoms with van der Waals surface area (Å²) >= 11 is 0. The highest BCUT2D eigenvalue weighted by Crippen LogP contribution is 2.29. The molecule has 0 bridgehead atoms. The first-order valence-corrected chi connectivity index (χ1v) is 5.13. The van der Waals surface area contributed by atoms with Crippen LogP contribution in [-0.2, 0) is 11.0 Å². The Bertz CT molecular complexity index is 415. The second-order valence-electron chi connectivity index (χ2n) is 3.83. The molecule has 2 unspecified atom stereocenters. The number of anilines is 1. The lowest BCUT2D eigenvalue weighted by molar-refractivity contribution is -0.137. The van der Waals surface area contributed by atoms with Crippen LogP contribution in [0.1, 0.15) is 12.5 Å². The van der Waals surface area contributed by atoms with Crippen molar-refractivity contribution < 1.29 is 23.1 Å². The smallest absolute Gasteiger partial charge is 0.391 e. The number of nitrogens with one attached hydrogen (secondary N) is 1. The van der Waals surface area contributed by atoms with Crippen LogP contribution in [0.3, 0.4) is 0 Å². The SMILES string of the molecule is CC(O)C(N)C(=O)Nc1ccc(C(F)(F)F)cc1. The highest BCUT2D eigenvalue weighted by Gasteiger charge is 2.30. The van der Waals surface area contributed by atoms with Gasteiger partial charge in [0.1, 0.15) is 6.04 Å². The Kier molecular flexibility index (Phi) is 4.31. The van der Waals surface area contributed by atoms with Crippen LogP contribution in [0, 0.1) is 0 Å². The van der Waals surface area contributed by atoms with Crippen molar-refractivity contribution in [3.63, 3.8) is 0 Å². The Hall–Kier alpha value is -1.60. The molecule has 7 heteroatoms. The molecule has 0 saturated heterocycles. The molecule has 0 radical (unpaired) electrons. The highest BCUT2D eigenvalue weighted by atomic mass is 19.4. The zero-order valence-electron chi connectivity index (χ0n) is 9.53. The molecular formula is C11H13F3N2O2. The van der Waals surface area contributed by atoms with Crippen LogP contribution in [-0.4, -0.2) is 23.2 Å². The maximum Gasteiger partial charge on any atom is 0.416 e. The zero-order valence-corrected chi connectivity index (χ0v) is 9.53. The van der Waals surface area contributed by atoms with E-state index in [0.29, 0.717) is 0 Å². The fraction of sp³-hybridized carbons (Fsp3) is 0.364. The van der Waals surface area contributed by atoms with E-state index in [4.69, 9.17) is 10.8 Å². The minimum atomic E-state index is -4.42. The summed E-state index contributed by atoms with van der Waals surface area (Å²) in [6.07, 6.45) is -5.46. The average molecular weight is 262 g/mol. The number of halogens is 3. The minimum absolute atomic E-state index is 0.184.